The Morgan fingerprint density at radius 3 is 2.27 bits per heavy atom. The Bertz CT molecular complexity index is 1440. The van der Waals surface area contributed by atoms with E-state index in [1.807, 2.05) is 25.1 Å². The number of halogens is 2. The van der Waals surface area contributed by atoms with Crippen molar-refractivity contribution in [1.29, 1.82) is 0 Å². The number of hydrogen-bond donors (Lipinski definition) is 1. The van der Waals surface area contributed by atoms with Crippen LogP contribution in [-0.2, 0) is 9.59 Å². The van der Waals surface area contributed by atoms with Crippen LogP contribution >= 0.6 is 11.3 Å². The van der Waals surface area contributed by atoms with E-state index in [1.165, 1.54) is 52.6 Å². The second-order valence-corrected chi connectivity index (χ2v) is 8.70. The highest BCUT2D eigenvalue weighted by atomic mass is 32.1. The number of carbonyl (C=O) groups excluding carboxylic acids is 2. The number of aromatic nitrogens is 1. The third-order valence-electron chi connectivity index (χ3n) is 5.49. The molecule has 4 aromatic rings. The van der Waals surface area contributed by atoms with Crippen LogP contribution in [0.1, 0.15) is 22.7 Å². The van der Waals surface area contributed by atoms with E-state index in [0.717, 1.165) is 22.4 Å². The van der Waals surface area contributed by atoms with Gasteiger partial charge in [0.2, 0.25) is 0 Å². The van der Waals surface area contributed by atoms with Crippen molar-refractivity contribution in [1.82, 2.24) is 4.98 Å². The van der Waals surface area contributed by atoms with Crippen molar-refractivity contribution in [2.24, 2.45) is 0 Å². The number of Topliss-reactive ketones (excluding diaryl/α,β-unsaturated/α-hetero) is 1. The van der Waals surface area contributed by atoms with Crippen molar-refractivity contribution in [3.05, 3.63) is 101 Å². The summed E-state index contributed by atoms with van der Waals surface area (Å²) in [7, 11) is 0. The molecule has 0 aliphatic carbocycles. The first-order valence-electron chi connectivity index (χ1n) is 10.0. The lowest BCUT2D eigenvalue weighted by atomic mass is 9.95. The molecular weight excluding hydrogens is 446 g/mol. The largest absolute Gasteiger partial charge is 0.507 e. The first-order valence-corrected chi connectivity index (χ1v) is 10.8. The van der Waals surface area contributed by atoms with Gasteiger partial charge < -0.3 is 5.11 Å². The fourth-order valence-electron chi connectivity index (χ4n) is 3.88. The molecule has 0 saturated carbocycles. The molecule has 1 saturated heterocycles. The average molecular weight is 462 g/mol. The van der Waals surface area contributed by atoms with Gasteiger partial charge in [-0.2, -0.15) is 0 Å². The molecule has 2 heterocycles. The third kappa shape index (κ3) is 3.58. The molecule has 1 N–H and O–H groups in total. The van der Waals surface area contributed by atoms with E-state index in [4.69, 9.17) is 0 Å². The molecule has 5 rings (SSSR count). The van der Waals surface area contributed by atoms with Gasteiger partial charge in [-0.3, -0.25) is 14.5 Å². The number of thiazole rings is 1. The number of aliphatic hydroxyl groups is 1. The lowest BCUT2D eigenvalue weighted by Crippen LogP contribution is -2.29. The highest BCUT2D eigenvalue weighted by molar-refractivity contribution is 7.22. The monoisotopic (exact) mass is 462 g/mol. The second kappa shape index (κ2) is 7.90. The van der Waals surface area contributed by atoms with E-state index in [1.54, 1.807) is 0 Å². The molecule has 3 aromatic carbocycles. The number of aliphatic hydroxyl groups excluding tert-OH is 1. The fourth-order valence-corrected chi connectivity index (χ4v) is 4.97. The number of anilines is 1. The lowest BCUT2D eigenvalue weighted by molar-refractivity contribution is -0.132. The molecule has 0 bridgehead atoms. The molecule has 5 nitrogen and oxygen atoms in total. The molecule has 1 fully saturated rings. The summed E-state index contributed by atoms with van der Waals surface area (Å²) in [5.74, 6) is -3.19. The minimum absolute atomic E-state index is 0.173. The fraction of sp³-hybridized carbons (Fsp3) is 0.0800. The highest BCUT2D eigenvalue weighted by Crippen LogP contribution is 2.44. The van der Waals surface area contributed by atoms with Crippen molar-refractivity contribution in [2.75, 3.05) is 4.90 Å². The molecule has 33 heavy (non-hydrogen) atoms. The molecule has 8 heteroatoms. The normalized spacial score (nSPS) is 17.8. The van der Waals surface area contributed by atoms with Crippen LogP contribution in [0.25, 0.3) is 16.0 Å². The standard InChI is InChI=1S/C25H16F2N2O3S/c1-13-2-11-18-19(12-13)33-25(28-18)29-21(14-3-7-16(26)8-4-14)20(23(31)24(29)32)22(30)15-5-9-17(27)10-6-15/h2-12,21,30H,1H3/b22-20+/t21-/m0/s1. The van der Waals surface area contributed by atoms with E-state index in [9.17, 15) is 23.5 Å². The van der Waals surface area contributed by atoms with Gasteiger partial charge in [0, 0.05) is 5.56 Å². The predicted molar refractivity (Wildman–Crippen MR) is 122 cm³/mol. The molecule has 1 aliphatic rings. The predicted octanol–water partition coefficient (Wildman–Crippen LogP) is 5.51. The number of benzene rings is 3. The second-order valence-electron chi connectivity index (χ2n) is 7.70. The Morgan fingerprint density at radius 2 is 1.61 bits per heavy atom. The first kappa shape index (κ1) is 21.0. The van der Waals surface area contributed by atoms with Crippen LogP contribution in [0.4, 0.5) is 13.9 Å². The van der Waals surface area contributed by atoms with Crippen LogP contribution in [0.2, 0.25) is 0 Å². The van der Waals surface area contributed by atoms with E-state index in [0.29, 0.717) is 11.1 Å². The number of amides is 1. The summed E-state index contributed by atoms with van der Waals surface area (Å²) in [6.45, 7) is 1.94. The van der Waals surface area contributed by atoms with Gasteiger partial charge in [-0.1, -0.05) is 29.5 Å². The van der Waals surface area contributed by atoms with Crippen molar-refractivity contribution < 1.29 is 23.5 Å². The first-order chi connectivity index (χ1) is 15.8. The van der Waals surface area contributed by atoms with Crippen molar-refractivity contribution in [3.8, 4) is 0 Å². The maximum absolute atomic E-state index is 13.6. The SMILES string of the molecule is Cc1ccc2nc(N3C(=O)C(=O)/C(=C(/O)c4ccc(F)cc4)[C@@H]3c3ccc(F)cc3)sc2c1. The van der Waals surface area contributed by atoms with Gasteiger partial charge in [0.1, 0.15) is 17.4 Å². The molecule has 1 amide bonds. The number of ketones is 1. The van der Waals surface area contributed by atoms with E-state index < -0.39 is 35.1 Å². The minimum Gasteiger partial charge on any atom is -0.507 e. The summed E-state index contributed by atoms with van der Waals surface area (Å²) >= 11 is 1.24. The summed E-state index contributed by atoms with van der Waals surface area (Å²) in [5.41, 5.74) is 2.12. The quantitative estimate of drug-likeness (QED) is 0.248. The minimum atomic E-state index is -1.03. The Morgan fingerprint density at radius 1 is 0.970 bits per heavy atom. The zero-order valence-corrected chi connectivity index (χ0v) is 18.1. The molecule has 0 spiro atoms. The summed E-state index contributed by atoms with van der Waals surface area (Å²) in [6.07, 6.45) is 0. The van der Waals surface area contributed by atoms with Gasteiger partial charge in [0.15, 0.2) is 5.13 Å². The molecular formula is C25H16F2N2O3S. The van der Waals surface area contributed by atoms with Crippen molar-refractivity contribution >= 4 is 44.1 Å². The smallest absolute Gasteiger partial charge is 0.301 e. The summed E-state index contributed by atoms with van der Waals surface area (Å²) in [5, 5.41) is 11.3. The third-order valence-corrected chi connectivity index (χ3v) is 6.50. The van der Waals surface area contributed by atoms with E-state index in [2.05, 4.69) is 4.98 Å². The van der Waals surface area contributed by atoms with Crippen LogP contribution in [0.3, 0.4) is 0 Å². The van der Waals surface area contributed by atoms with Crippen LogP contribution in [0.5, 0.6) is 0 Å². The molecule has 1 aromatic heterocycles. The number of carbonyl (C=O) groups is 2. The van der Waals surface area contributed by atoms with E-state index >= 15 is 0 Å². The maximum Gasteiger partial charge on any atom is 0.301 e. The molecule has 0 unspecified atom stereocenters. The van der Waals surface area contributed by atoms with Crippen molar-refractivity contribution in [2.45, 2.75) is 13.0 Å². The molecule has 1 atom stereocenters. The number of nitrogens with zero attached hydrogens (tertiary/aromatic N) is 2. The number of fused-ring (bicyclic) bond motifs is 1. The van der Waals surface area contributed by atoms with Crippen LogP contribution in [0, 0.1) is 18.6 Å². The Balaban J connectivity index is 1.73. The summed E-state index contributed by atoms with van der Waals surface area (Å²) < 4.78 is 27.9. The van der Waals surface area contributed by atoms with Gasteiger partial charge in [0.05, 0.1) is 21.8 Å². The zero-order valence-electron chi connectivity index (χ0n) is 17.3. The van der Waals surface area contributed by atoms with Gasteiger partial charge in [-0.05, 0) is 66.6 Å². The van der Waals surface area contributed by atoms with Gasteiger partial charge in [-0.15, -0.1) is 0 Å². The van der Waals surface area contributed by atoms with Gasteiger partial charge >= 0.3 is 5.91 Å². The van der Waals surface area contributed by atoms with Crippen LogP contribution in [0.15, 0.2) is 72.3 Å². The molecule has 1 aliphatic heterocycles. The number of aryl methyl sites for hydroxylation is 1. The number of rotatable bonds is 3. The van der Waals surface area contributed by atoms with Gasteiger partial charge in [0.25, 0.3) is 5.78 Å². The van der Waals surface area contributed by atoms with Crippen LogP contribution < -0.4 is 4.90 Å². The van der Waals surface area contributed by atoms with Crippen molar-refractivity contribution in [3.63, 3.8) is 0 Å². The molecule has 164 valence electrons. The number of hydrogen-bond acceptors (Lipinski definition) is 5. The van der Waals surface area contributed by atoms with E-state index in [-0.39, 0.29) is 16.3 Å². The highest BCUT2D eigenvalue weighted by Gasteiger charge is 2.48. The lowest BCUT2D eigenvalue weighted by Gasteiger charge is -2.23. The summed E-state index contributed by atoms with van der Waals surface area (Å²) in [6, 6.07) is 14.9. The Kier molecular flexibility index (Phi) is 5.02. The summed E-state index contributed by atoms with van der Waals surface area (Å²) in [4.78, 5) is 32.0. The average Bonchev–Trinajstić information content (AvgIpc) is 3.32. The van der Waals surface area contributed by atoms with Gasteiger partial charge in [-0.25, -0.2) is 13.8 Å². The topological polar surface area (TPSA) is 70.5 Å². The Labute approximate surface area is 191 Å². The maximum atomic E-state index is 13.6. The zero-order chi connectivity index (χ0) is 23.3. The van der Waals surface area contributed by atoms with Crippen LogP contribution in [-0.4, -0.2) is 21.8 Å². The Hall–Kier alpha value is -3.91. The molecule has 0 radical (unpaired) electrons.